The third-order valence-corrected chi connectivity index (χ3v) is 4.43. The smallest absolute Gasteiger partial charge is 0.416 e. The van der Waals surface area contributed by atoms with Gasteiger partial charge in [0, 0.05) is 17.3 Å². The van der Waals surface area contributed by atoms with Crippen LogP contribution >= 0.6 is 0 Å². The Labute approximate surface area is 174 Å². The first-order valence-corrected chi connectivity index (χ1v) is 9.06. The zero-order valence-corrected chi connectivity index (χ0v) is 15.9. The van der Waals surface area contributed by atoms with Crippen molar-refractivity contribution in [3.05, 3.63) is 84.2 Å². The van der Waals surface area contributed by atoms with Gasteiger partial charge in [0.2, 0.25) is 5.88 Å². The van der Waals surface area contributed by atoms with E-state index in [1.807, 2.05) is 0 Å². The number of nitrogens with one attached hydrogen (secondary N) is 1. The Morgan fingerprint density at radius 1 is 0.968 bits per heavy atom. The summed E-state index contributed by atoms with van der Waals surface area (Å²) in [5.41, 5.74) is 5.14. The van der Waals surface area contributed by atoms with E-state index in [-0.39, 0.29) is 17.4 Å². The van der Waals surface area contributed by atoms with Crippen molar-refractivity contribution in [2.75, 3.05) is 11.1 Å². The van der Waals surface area contributed by atoms with E-state index in [0.717, 1.165) is 12.1 Å². The van der Waals surface area contributed by atoms with Crippen molar-refractivity contribution in [3.8, 4) is 11.6 Å². The molecule has 1 heterocycles. The molecule has 0 aliphatic carbocycles. The number of amides is 1. The Morgan fingerprint density at radius 3 is 2.55 bits per heavy atom. The van der Waals surface area contributed by atoms with E-state index < -0.39 is 17.6 Å². The third kappa shape index (κ3) is 4.55. The van der Waals surface area contributed by atoms with Crippen LogP contribution in [-0.4, -0.2) is 15.9 Å². The number of nitrogens with two attached hydrogens (primary N) is 1. The van der Waals surface area contributed by atoms with Gasteiger partial charge in [0.25, 0.3) is 5.91 Å². The molecule has 0 saturated heterocycles. The summed E-state index contributed by atoms with van der Waals surface area (Å²) in [6.45, 7) is 0. The van der Waals surface area contributed by atoms with Crippen molar-refractivity contribution in [1.82, 2.24) is 9.97 Å². The first kappa shape index (κ1) is 20.1. The number of aromatic nitrogens is 2. The van der Waals surface area contributed by atoms with Gasteiger partial charge in [0.1, 0.15) is 17.9 Å². The normalized spacial score (nSPS) is 11.3. The van der Waals surface area contributed by atoms with Gasteiger partial charge in [0.05, 0.1) is 5.56 Å². The van der Waals surface area contributed by atoms with Crippen molar-refractivity contribution in [3.63, 3.8) is 0 Å². The summed E-state index contributed by atoms with van der Waals surface area (Å²) >= 11 is 0. The number of alkyl halides is 3. The van der Waals surface area contributed by atoms with Gasteiger partial charge in [-0.2, -0.15) is 13.2 Å². The number of halogens is 3. The van der Waals surface area contributed by atoms with Gasteiger partial charge >= 0.3 is 6.18 Å². The molecule has 0 bridgehead atoms. The number of ether oxygens (including phenoxy) is 1. The second kappa shape index (κ2) is 7.94. The van der Waals surface area contributed by atoms with Crippen LogP contribution in [0.4, 0.5) is 24.7 Å². The molecule has 0 aliphatic rings. The molecule has 0 unspecified atom stereocenters. The Morgan fingerprint density at radius 2 is 1.77 bits per heavy atom. The van der Waals surface area contributed by atoms with E-state index in [1.165, 1.54) is 24.5 Å². The summed E-state index contributed by atoms with van der Waals surface area (Å²) in [4.78, 5) is 20.5. The van der Waals surface area contributed by atoms with Crippen molar-refractivity contribution >= 4 is 28.2 Å². The van der Waals surface area contributed by atoms with Crippen molar-refractivity contribution in [1.29, 1.82) is 0 Å². The van der Waals surface area contributed by atoms with Crippen molar-refractivity contribution < 1.29 is 22.7 Å². The molecule has 4 rings (SSSR count). The molecular weight excluding hydrogens is 409 g/mol. The summed E-state index contributed by atoms with van der Waals surface area (Å²) in [5.74, 6) is 0.479. The van der Waals surface area contributed by atoms with Crippen molar-refractivity contribution in [2.24, 2.45) is 0 Å². The van der Waals surface area contributed by atoms with Crippen LogP contribution in [-0.2, 0) is 6.18 Å². The van der Waals surface area contributed by atoms with Crippen LogP contribution in [0.2, 0.25) is 0 Å². The highest BCUT2D eigenvalue weighted by atomic mass is 19.4. The molecule has 4 aromatic rings. The zero-order valence-electron chi connectivity index (χ0n) is 15.9. The van der Waals surface area contributed by atoms with Gasteiger partial charge in [-0.05, 0) is 53.2 Å². The number of nitrogens with zero attached hydrogens (tertiary/aromatic N) is 2. The Kier molecular flexibility index (Phi) is 5.16. The average Bonchev–Trinajstić information content (AvgIpc) is 2.73. The number of benzene rings is 3. The number of nitrogen functional groups attached to an aromatic ring is 1. The van der Waals surface area contributed by atoms with Crippen LogP contribution in [0.1, 0.15) is 15.9 Å². The molecular formula is C22H15F3N4O2. The van der Waals surface area contributed by atoms with E-state index in [9.17, 15) is 18.0 Å². The fourth-order valence-corrected chi connectivity index (χ4v) is 3.03. The minimum Gasteiger partial charge on any atom is -0.439 e. The molecule has 0 saturated carbocycles. The highest BCUT2D eigenvalue weighted by molar-refractivity contribution is 6.13. The first-order chi connectivity index (χ1) is 14.8. The Balaban J connectivity index is 1.60. The third-order valence-electron chi connectivity index (χ3n) is 4.43. The van der Waals surface area contributed by atoms with Crippen LogP contribution < -0.4 is 15.8 Å². The molecule has 1 aromatic heterocycles. The maximum absolute atomic E-state index is 12.9. The molecule has 3 N–H and O–H groups in total. The number of fused-ring (bicyclic) bond motifs is 1. The second-order valence-electron chi connectivity index (χ2n) is 6.60. The monoisotopic (exact) mass is 424 g/mol. The Bertz CT molecular complexity index is 1280. The predicted octanol–water partition coefficient (Wildman–Crippen LogP) is 5.28. The van der Waals surface area contributed by atoms with E-state index in [4.69, 9.17) is 10.5 Å². The second-order valence-corrected chi connectivity index (χ2v) is 6.60. The minimum atomic E-state index is -4.50. The summed E-state index contributed by atoms with van der Waals surface area (Å²) in [5, 5.41) is 3.84. The molecule has 3 aromatic carbocycles. The molecule has 6 nitrogen and oxygen atoms in total. The van der Waals surface area contributed by atoms with Gasteiger partial charge in [-0.3, -0.25) is 4.79 Å². The lowest BCUT2D eigenvalue weighted by Crippen LogP contribution is -2.13. The molecule has 0 spiro atoms. The van der Waals surface area contributed by atoms with Crippen LogP contribution in [0.3, 0.4) is 0 Å². The SMILES string of the molecule is Nc1cc(Oc2ccc3c(C(=O)Nc4cccc(C(F)(F)F)c4)cccc3c2)ncn1. The molecule has 0 radical (unpaired) electrons. The number of anilines is 2. The molecule has 0 fully saturated rings. The molecule has 0 atom stereocenters. The average molecular weight is 424 g/mol. The maximum atomic E-state index is 12.9. The van der Waals surface area contributed by atoms with Crippen molar-refractivity contribution in [2.45, 2.75) is 6.18 Å². The number of carbonyl (C=O) groups is 1. The zero-order chi connectivity index (χ0) is 22.0. The van der Waals surface area contributed by atoms with E-state index in [1.54, 1.807) is 36.4 Å². The molecule has 9 heteroatoms. The largest absolute Gasteiger partial charge is 0.439 e. The number of hydrogen-bond donors (Lipinski definition) is 2. The van der Waals surface area contributed by atoms with E-state index in [0.29, 0.717) is 22.1 Å². The lowest BCUT2D eigenvalue weighted by molar-refractivity contribution is -0.137. The minimum absolute atomic E-state index is 0.0538. The van der Waals surface area contributed by atoms with Crippen LogP contribution in [0.25, 0.3) is 10.8 Å². The summed E-state index contributed by atoms with van der Waals surface area (Å²) in [6, 6.07) is 16.1. The predicted molar refractivity (Wildman–Crippen MR) is 110 cm³/mol. The van der Waals surface area contributed by atoms with E-state index >= 15 is 0 Å². The highest BCUT2D eigenvalue weighted by Crippen LogP contribution is 2.31. The summed E-state index contributed by atoms with van der Waals surface area (Å²) < 4.78 is 44.4. The van der Waals surface area contributed by atoms with Gasteiger partial charge in [-0.25, -0.2) is 9.97 Å². The topological polar surface area (TPSA) is 90.1 Å². The summed E-state index contributed by atoms with van der Waals surface area (Å²) in [7, 11) is 0. The lowest BCUT2D eigenvalue weighted by Gasteiger charge is -2.12. The van der Waals surface area contributed by atoms with E-state index in [2.05, 4.69) is 15.3 Å². The maximum Gasteiger partial charge on any atom is 0.416 e. The number of carbonyl (C=O) groups excluding carboxylic acids is 1. The molecule has 1 amide bonds. The lowest BCUT2D eigenvalue weighted by atomic mass is 10.0. The molecule has 156 valence electrons. The number of rotatable bonds is 4. The Hall–Kier alpha value is -4.14. The van der Waals surface area contributed by atoms with Gasteiger partial charge in [-0.15, -0.1) is 0 Å². The quantitative estimate of drug-likeness (QED) is 0.466. The highest BCUT2D eigenvalue weighted by Gasteiger charge is 2.30. The van der Waals surface area contributed by atoms with Crippen LogP contribution in [0.5, 0.6) is 11.6 Å². The standard InChI is InChI=1S/C22H15F3N4O2/c23-22(24,25)14-4-2-5-15(10-14)29-21(30)18-6-1-3-13-9-16(7-8-17(13)18)31-20-11-19(26)27-12-28-20/h1-12H,(H,29,30)(H2,26,27,28). The van der Waals surface area contributed by atoms with Gasteiger partial charge in [0.15, 0.2) is 0 Å². The van der Waals surface area contributed by atoms with Gasteiger partial charge < -0.3 is 15.8 Å². The van der Waals surface area contributed by atoms with Crippen LogP contribution in [0.15, 0.2) is 73.1 Å². The fourth-order valence-electron chi connectivity index (χ4n) is 3.03. The number of hydrogen-bond acceptors (Lipinski definition) is 5. The molecule has 0 aliphatic heterocycles. The van der Waals surface area contributed by atoms with Gasteiger partial charge in [-0.1, -0.05) is 18.2 Å². The van der Waals surface area contributed by atoms with Crippen LogP contribution in [0, 0.1) is 0 Å². The molecule has 31 heavy (non-hydrogen) atoms. The summed E-state index contributed by atoms with van der Waals surface area (Å²) in [6.07, 6.45) is -3.22. The first-order valence-electron chi connectivity index (χ1n) is 9.06. The fraction of sp³-hybridized carbons (Fsp3) is 0.0455.